The second kappa shape index (κ2) is 11.7. The van der Waals surface area contributed by atoms with Crippen molar-refractivity contribution in [3.8, 4) is 5.75 Å². The smallest absolute Gasteiger partial charge is 0.416 e. The Morgan fingerprint density at radius 1 is 1.21 bits per heavy atom. The molecule has 1 atom stereocenters. The van der Waals surface area contributed by atoms with E-state index in [1.165, 1.54) is 11.3 Å². The molecule has 1 amide bonds. The summed E-state index contributed by atoms with van der Waals surface area (Å²) in [4.78, 5) is 20.9. The number of hydrogen-bond donors (Lipinski definition) is 0. The van der Waals surface area contributed by atoms with Crippen LogP contribution in [0.4, 0.5) is 13.2 Å². The zero-order chi connectivity index (χ0) is 28.4. The Morgan fingerprint density at radius 2 is 1.92 bits per heavy atom. The summed E-state index contributed by atoms with van der Waals surface area (Å²) in [5, 5.41) is 0. The first-order chi connectivity index (χ1) is 18.2. The lowest BCUT2D eigenvalue weighted by molar-refractivity contribution is -0.137. The van der Waals surface area contributed by atoms with Crippen LogP contribution in [0.3, 0.4) is 0 Å². The van der Waals surface area contributed by atoms with Gasteiger partial charge in [-0.05, 0) is 36.5 Å². The van der Waals surface area contributed by atoms with E-state index in [0.29, 0.717) is 37.6 Å². The average Bonchev–Trinajstić information content (AvgIpc) is 3.50. The quantitative estimate of drug-likeness (QED) is 0.487. The van der Waals surface area contributed by atoms with Gasteiger partial charge in [0.1, 0.15) is 12.4 Å². The van der Waals surface area contributed by atoms with Crippen LogP contribution in [-0.2, 0) is 32.7 Å². The number of carbonyl (C=O) groups is 1. The highest BCUT2D eigenvalue weighted by Gasteiger charge is 2.32. The molecule has 2 aromatic rings. The largest absolute Gasteiger partial charge is 0.491 e. The third-order valence-electron chi connectivity index (χ3n) is 6.72. The molecule has 0 spiro atoms. The summed E-state index contributed by atoms with van der Waals surface area (Å²) in [5.74, 6) is -0.721. The molecule has 4 rings (SSSR count). The normalized spacial score (nSPS) is 20.9. The number of sulfone groups is 1. The molecule has 1 aromatic carbocycles. The number of ether oxygens (including phenoxy) is 2. The Bertz CT molecular complexity index is 1340. The fourth-order valence-electron chi connectivity index (χ4n) is 4.36. The molecule has 2 saturated heterocycles. The third kappa shape index (κ3) is 7.92. The van der Waals surface area contributed by atoms with E-state index in [2.05, 4.69) is 4.99 Å². The van der Waals surface area contributed by atoms with E-state index >= 15 is 0 Å². The minimum atomic E-state index is -4.64. The summed E-state index contributed by atoms with van der Waals surface area (Å²) in [6, 6.07) is 2.79. The van der Waals surface area contributed by atoms with Crippen molar-refractivity contribution in [3.05, 3.63) is 45.2 Å². The predicted octanol–water partition coefficient (Wildman–Crippen LogP) is 3.90. The second-order valence-electron chi connectivity index (χ2n) is 10.9. The van der Waals surface area contributed by atoms with Crippen molar-refractivity contribution in [2.75, 3.05) is 44.4 Å². The highest BCUT2D eigenvalue weighted by Crippen LogP contribution is 2.33. The fraction of sp³-hybridized carbons (Fsp3) is 0.615. The van der Waals surface area contributed by atoms with Gasteiger partial charge in [0.25, 0.3) is 5.91 Å². The molecule has 0 aliphatic carbocycles. The zero-order valence-electron chi connectivity index (χ0n) is 22.3. The molecule has 2 aliphatic rings. The maximum atomic E-state index is 13.5. The number of halogens is 3. The lowest BCUT2D eigenvalue weighted by atomic mass is 9.95. The van der Waals surface area contributed by atoms with Crippen LogP contribution < -0.4 is 9.54 Å². The molecule has 13 heteroatoms. The summed E-state index contributed by atoms with van der Waals surface area (Å²) in [6.45, 7) is 8.46. The van der Waals surface area contributed by atoms with Crippen molar-refractivity contribution >= 4 is 27.1 Å². The highest BCUT2D eigenvalue weighted by atomic mass is 32.2. The maximum Gasteiger partial charge on any atom is 0.416 e. The maximum absolute atomic E-state index is 13.5. The number of thiazole rings is 1. The Morgan fingerprint density at radius 3 is 2.54 bits per heavy atom. The first kappa shape index (κ1) is 29.8. The summed E-state index contributed by atoms with van der Waals surface area (Å²) in [6.07, 6.45) is -0.894. The van der Waals surface area contributed by atoms with Gasteiger partial charge in [-0.1, -0.05) is 20.8 Å². The molecule has 2 aliphatic heterocycles. The SMILES string of the molecule is CC(C)(C)c1cn(C[C@H]2CCCO2)/c(=N/C(=O)c2cc(C(F)(F)F)ccc2OCCN2CCS(=O)(=O)CC2)s1. The van der Waals surface area contributed by atoms with Crippen LogP contribution in [0.15, 0.2) is 29.4 Å². The van der Waals surface area contributed by atoms with Crippen molar-refractivity contribution < 1.29 is 35.9 Å². The van der Waals surface area contributed by atoms with Crippen LogP contribution in [0.25, 0.3) is 0 Å². The van der Waals surface area contributed by atoms with Crippen molar-refractivity contribution in [2.24, 2.45) is 4.99 Å². The topological polar surface area (TPSA) is 90.2 Å². The molecule has 3 heterocycles. The van der Waals surface area contributed by atoms with Crippen molar-refractivity contribution in [2.45, 2.75) is 57.9 Å². The van der Waals surface area contributed by atoms with Crippen LogP contribution in [-0.4, -0.2) is 74.2 Å². The van der Waals surface area contributed by atoms with Crippen LogP contribution in [0, 0.1) is 0 Å². The molecule has 0 radical (unpaired) electrons. The van der Waals surface area contributed by atoms with Gasteiger partial charge in [0.15, 0.2) is 14.6 Å². The van der Waals surface area contributed by atoms with E-state index in [9.17, 15) is 26.4 Å². The molecule has 0 unspecified atom stereocenters. The molecule has 1 aromatic heterocycles. The minimum Gasteiger partial charge on any atom is -0.491 e. The molecular formula is C26H34F3N3O5S2. The van der Waals surface area contributed by atoms with E-state index in [-0.39, 0.29) is 40.9 Å². The predicted molar refractivity (Wildman–Crippen MR) is 142 cm³/mol. The molecule has 39 heavy (non-hydrogen) atoms. The first-order valence-electron chi connectivity index (χ1n) is 12.9. The van der Waals surface area contributed by atoms with Crippen LogP contribution in [0.2, 0.25) is 0 Å². The standard InChI is InChI=1S/C26H34F3N3O5S2/c1-25(2,3)22-17-32(16-19-5-4-11-36-19)24(38-22)30-23(33)20-15-18(26(27,28)29)6-7-21(20)37-12-8-31-9-13-39(34,35)14-10-31/h6-7,15,17,19H,4-5,8-14,16H2,1-3H3/b30-24-/t19-/m1/s1. The summed E-state index contributed by atoms with van der Waals surface area (Å²) >= 11 is 1.33. The van der Waals surface area contributed by atoms with Crippen LogP contribution in [0.1, 0.15) is 54.4 Å². The van der Waals surface area contributed by atoms with E-state index in [0.717, 1.165) is 35.9 Å². The van der Waals surface area contributed by atoms with Gasteiger partial charge in [-0.3, -0.25) is 9.69 Å². The van der Waals surface area contributed by atoms with E-state index in [1.807, 2.05) is 36.4 Å². The van der Waals surface area contributed by atoms with Gasteiger partial charge in [0, 0.05) is 37.3 Å². The summed E-state index contributed by atoms with van der Waals surface area (Å²) in [7, 11) is -3.03. The number of aromatic nitrogens is 1. The number of hydrogen-bond acceptors (Lipinski definition) is 7. The Balaban J connectivity index is 1.61. The van der Waals surface area contributed by atoms with Gasteiger partial charge >= 0.3 is 6.18 Å². The number of rotatable bonds is 7. The van der Waals surface area contributed by atoms with Gasteiger partial charge < -0.3 is 14.0 Å². The van der Waals surface area contributed by atoms with Crippen LogP contribution in [0.5, 0.6) is 5.75 Å². The monoisotopic (exact) mass is 589 g/mol. The van der Waals surface area contributed by atoms with Crippen molar-refractivity contribution in [1.29, 1.82) is 0 Å². The number of alkyl halides is 3. The molecule has 8 nitrogen and oxygen atoms in total. The number of carbonyl (C=O) groups excluding carboxylic acids is 1. The fourth-order valence-corrected chi connectivity index (χ4v) is 6.69. The number of nitrogens with zero attached hydrogens (tertiary/aromatic N) is 3. The molecule has 0 bridgehead atoms. The summed E-state index contributed by atoms with van der Waals surface area (Å²) in [5.41, 5.74) is -1.46. The Hall–Kier alpha value is -2.22. The average molecular weight is 590 g/mol. The van der Waals surface area contributed by atoms with Crippen LogP contribution >= 0.6 is 11.3 Å². The molecular weight excluding hydrogens is 555 g/mol. The highest BCUT2D eigenvalue weighted by molar-refractivity contribution is 7.91. The van der Waals surface area contributed by atoms with E-state index < -0.39 is 27.5 Å². The Labute approximate surface area is 230 Å². The molecule has 2 fully saturated rings. The zero-order valence-corrected chi connectivity index (χ0v) is 23.9. The summed E-state index contributed by atoms with van der Waals surface area (Å²) < 4.78 is 77.2. The van der Waals surface area contributed by atoms with Crippen molar-refractivity contribution in [1.82, 2.24) is 9.47 Å². The molecule has 216 valence electrons. The van der Waals surface area contributed by atoms with E-state index in [4.69, 9.17) is 9.47 Å². The number of amides is 1. The third-order valence-corrected chi connectivity index (χ3v) is 9.78. The minimum absolute atomic E-state index is 0.000316. The van der Waals surface area contributed by atoms with E-state index in [1.54, 1.807) is 0 Å². The lowest BCUT2D eigenvalue weighted by Gasteiger charge is -2.26. The Kier molecular flexibility index (Phi) is 8.94. The van der Waals surface area contributed by atoms with Crippen molar-refractivity contribution in [3.63, 3.8) is 0 Å². The van der Waals surface area contributed by atoms with Gasteiger partial charge in [0.05, 0.1) is 35.3 Å². The first-order valence-corrected chi connectivity index (χ1v) is 15.5. The second-order valence-corrected chi connectivity index (χ2v) is 14.2. The van der Waals surface area contributed by atoms with Gasteiger partial charge in [-0.15, -0.1) is 11.3 Å². The van der Waals surface area contributed by atoms with Gasteiger partial charge in [-0.2, -0.15) is 18.2 Å². The van der Waals surface area contributed by atoms with Gasteiger partial charge in [-0.25, -0.2) is 8.42 Å². The molecule has 0 N–H and O–H groups in total. The lowest BCUT2D eigenvalue weighted by Crippen LogP contribution is -2.42. The van der Waals surface area contributed by atoms with Gasteiger partial charge in [0.2, 0.25) is 0 Å². The molecule has 0 saturated carbocycles. The number of benzene rings is 1.